The Morgan fingerprint density at radius 1 is 1.35 bits per heavy atom. The fraction of sp³-hybridized carbons (Fsp3) is 0.385. The number of carbonyl (C=O) groups excluding carboxylic acids is 1. The molecule has 3 N–H and O–H groups in total. The molecular weight excluding hydrogens is 338 g/mol. The van der Waals surface area contributed by atoms with Crippen LogP contribution in [0.5, 0.6) is 5.75 Å². The molecule has 0 unspecified atom stereocenters. The lowest BCUT2D eigenvalue weighted by molar-refractivity contribution is -0.253. The van der Waals surface area contributed by atoms with Gasteiger partial charge in [-0.05, 0) is 36.8 Å². The summed E-state index contributed by atoms with van der Waals surface area (Å²) in [6.07, 6.45) is -7.80. The first-order valence-corrected chi connectivity index (χ1v) is 6.96. The summed E-state index contributed by atoms with van der Waals surface area (Å²) in [6, 6.07) is 4.47. The number of thiocarbonyl (C=S) groups is 1. The molecule has 0 heterocycles. The zero-order valence-electron chi connectivity index (χ0n) is 12.0. The number of benzene rings is 1. The van der Waals surface area contributed by atoms with Gasteiger partial charge in [-0.2, -0.15) is 17.6 Å². The van der Waals surface area contributed by atoms with Crippen molar-refractivity contribution in [3.8, 4) is 5.75 Å². The molecule has 10 heteroatoms. The summed E-state index contributed by atoms with van der Waals surface area (Å²) in [7, 11) is 0. The molecule has 1 rings (SSSR count). The Hall–Kier alpha value is -2.10. The second-order valence-electron chi connectivity index (χ2n) is 4.33. The predicted octanol–water partition coefficient (Wildman–Crippen LogP) is 2.44. The van der Waals surface area contributed by atoms with E-state index in [1.807, 2.05) is 6.92 Å². The molecule has 0 saturated heterocycles. The molecule has 0 saturated carbocycles. The zero-order chi connectivity index (χ0) is 17.5. The highest BCUT2D eigenvalue weighted by Crippen LogP contribution is 2.27. The third-order valence-corrected chi connectivity index (χ3v) is 2.68. The van der Waals surface area contributed by atoms with E-state index in [0.717, 1.165) is 18.6 Å². The summed E-state index contributed by atoms with van der Waals surface area (Å²) in [4.78, 5) is 11.8. The normalized spacial score (nSPS) is 11.0. The Kier molecular flexibility index (Phi) is 7.01. The van der Waals surface area contributed by atoms with E-state index in [9.17, 15) is 22.4 Å². The maximum absolute atomic E-state index is 12.8. The van der Waals surface area contributed by atoms with Crippen LogP contribution in [0, 0.1) is 0 Å². The van der Waals surface area contributed by atoms with Crippen LogP contribution < -0.4 is 20.9 Å². The summed E-state index contributed by atoms with van der Waals surface area (Å²) in [5.74, 6) is -1.26. The van der Waals surface area contributed by atoms with Crippen molar-refractivity contribution in [1.29, 1.82) is 0 Å². The van der Waals surface area contributed by atoms with Gasteiger partial charge >= 0.3 is 12.5 Å². The topological polar surface area (TPSA) is 62.4 Å². The van der Waals surface area contributed by atoms with Gasteiger partial charge in [0, 0.05) is 12.1 Å². The van der Waals surface area contributed by atoms with Gasteiger partial charge in [-0.3, -0.25) is 15.6 Å². The SMILES string of the molecule is CCCNC(=S)NNC(=O)c1cccc(OC(F)(F)C(F)F)c1. The minimum atomic E-state index is -4.64. The molecule has 0 atom stereocenters. The molecule has 0 aliphatic carbocycles. The van der Waals surface area contributed by atoms with Crippen LogP contribution in [0.2, 0.25) is 0 Å². The zero-order valence-corrected chi connectivity index (χ0v) is 12.9. The fourth-order valence-corrected chi connectivity index (χ4v) is 1.52. The van der Waals surface area contributed by atoms with E-state index in [1.165, 1.54) is 12.1 Å². The first-order valence-electron chi connectivity index (χ1n) is 6.55. The summed E-state index contributed by atoms with van der Waals surface area (Å²) in [5, 5.41) is 2.97. The Balaban J connectivity index is 2.65. The Morgan fingerprint density at radius 3 is 2.65 bits per heavy atom. The maximum atomic E-state index is 12.8. The summed E-state index contributed by atoms with van der Waals surface area (Å²) < 4.78 is 53.7. The molecule has 0 aliphatic rings. The van der Waals surface area contributed by atoms with Gasteiger partial charge in [0.25, 0.3) is 5.91 Å². The molecule has 0 fully saturated rings. The van der Waals surface area contributed by atoms with Crippen molar-refractivity contribution in [1.82, 2.24) is 16.2 Å². The molecule has 1 aromatic rings. The lowest BCUT2D eigenvalue weighted by atomic mass is 10.2. The maximum Gasteiger partial charge on any atom is 0.461 e. The first-order chi connectivity index (χ1) is 10.8. The van der Waals surface area contributed by atoms with Crippen molar-refractivity contribution in [2.24, 2.45) is 0 Å². The van der Waals surface area contributed by atoms with Crippen LogP contribution in [-0.2, 0) is 0 Å². The summed E-state index contributed by atoms with van der Waals surface area (Å²) in [6.45, 7) is 2.53. The summed E-state index contributed by atoms with van der Waals surface area (Å²) >= 11 is 4.87. The molecule has 0 radical (unpaired) electrons. The molecule has 0 aromatic heterocycles. The van der Waals surface area contributed by atoms with E-state index >= 15 is 0 Å². The van der Waals surface area contributed by atoms with E-state index < -0.39 is 24.2 Å². The highest BCUT2D eigenvalue weighted by Gasteiger charge is 2.44. The average Bonchev–Trinajstić information content (AvgIpc) is 2.50. The third kappa shape index (κ3) is 6.27. The van der Waals surface area contributed by atoms with Crippen molar-refractivity contribution >= 4 is 23.2 Å². The van der Waals surface area contributed by atoms with Gasteiger partial charge in [-0.1, -0.05) is 13.0 Å². The average molecular weight is 353 g/mol. The molecule has 0 aliphatic heterocycles. The third-order valence-electron chi connectivity index (χ3n) is 2.43. The van der Waals surface area contributed by atoms with Gasteiger partial charge in [-0.15, -0.1) is 0 Å². The Morgan fingerprint density at radius 2 is 2.04 bits per heavy atom. The first kappa shape index (κ1) is 18.9. The highest BCUT2D eigenvalue weighted by molar-refractivity contribution is 7.80. The number of amides is 1. The van der Waals surface area contributed by atoms with E-state index in [1.54, 1.807) is 0 Å². The lowest BCUT2D eigenvalue weighted by Crippen LogP contribution is -2.46. The number of nitrogens with one attached hydrogen (secondary N) is 3. The van der Waals surface area contributed by atoms with Crippen molar-refractivity contribution in [2.45, 2.75) is 25.9 Å². The summed E-state index contributed by atoms with van der Waals surface area (Å²) in [5.41, 5.74) is 4.58. The Labute approximate surface area is 135 Å². The van der Waals surface area contributed by atoms with Gasteiger partial charge in [-0.25, -0.2) is 0 Å². The monoisotopic (exact) mass is 353 g/mol. The second kappa shape index (κ2) is 8.51. The van der Waals surface area contributed by atoms with Crippen LogP contribution >= 0.6 is 12.2 Å². The number of ether oxygens (including phenoxy) is 1. The van der Waals surface area contributed by atoms with Crippen LogP contribution in [0.15, 0.2) is 24.3 Å². The number of hydrogen-bond acceptors (Lipinski definition) is 3. The number of carbonyl (C=O) groups is 1. The minimum absolute atomic E-state index is 0.0710. The molecule has 128 valence electrons. The lowest BCUT2D eigenvalue weighted by Gasteiger charge is -2.17. The van der Waals surface area contributed by atoms with Crippen molar-refractivity contribution in [2.75, 3.05) is 6.54 Å². The standard InChI is InChI=1S/C13H15F4N3O2S/c1-2-6-18-12(23)20-19-10(21)8-4-3-5-9(7-8)22-13(16,17)11(14)15/h3-5,7,11H,2,6H2,1H3,(H,19,21)(H2,18,20,23). The molecule has 5 nitrogen and oxygen atoms in total. The van der Waals surface area contributed by atoms with E-state index in [-0.39, 0.29) is 10.7 Å². The van der Waals surface area contributed by atoms with Crippen LogP contribution in [0.25, 0.3) is 0 Å². The van der Waals surface area contributed by atoms with Gasteiger partial charge < -0.3 is 10.1 Å². The second-order valence-corrected chi connectivity index (χ2v) is 4.74. The molecule has 23 heavy (non-hydrogen) atoms. The fourth-order valence-electron chi connectivity index (χ4n) is 1.37. The minimum Gasteiger partial charge on any atom is -0.428 e. The largest absolute Gasteiger partial charge is 0.461 e. The van der Waals surface area contributed by atoms with Gasteiger partial charge in [0.15, 0.2) is 5.11 Å². The predicted molar refractivity (Wildman–Crippen MR) is 79.5 cm³/mol. The van der Waals surface area contributed by atoms with Crippen LogP contribution in [0.1, 0.15) is 23.7 Å². The molecular formula is C13H15F4N3O2S. The van der Waals surface area contributed by atoms with Gasteiger partial charge in [0.2, 0.25) is 0 Å². The molecule has 0 spiro atoms. The van der Waals surface area contributed by atoms with Crippen molar-refractivity contribution in [3.05, 3.63) is 29.8 Å². The number of hydrogen-bond donors (Lipinski definition) is 3. The molecule has 1 aromatic carbocycles. The van der Waals surface area contributed by atoms with Crippen LogP contribution in [-0.4, -0.2) is 30.1 Å². The number of alkyl halides is 4. The number of halogens is 4. The highest BCUT2D eigenvalue weighted by atomic mass is 32.1. The number of hydrazine groups is 1. The number of rotatable bonds is 6. The Bertz CT molecular complexity index is 558. The van der Waals surface area contributed by atoms with Gasteiger partial charge in [0.05, 0.1) is 0 Å². The van der Waals surface area contributed by atoms with Gasteiger partial charge in [0.1, 0.15) is 5.75 Å². The van der Waals surface area contributed by atoms with E-state index in [4.69, 9.17) is 12.2 Å². The smallest absolute Gasteiger partial charge is 0.428 e. The molecule has 0 bridgehead atoms. The van der Waals surface area contributed by atoms with E-state index in [2.05, 4.69) is 20.9 Å². The quantitative estimate of drug-likeness (QED) is 0.417. The van der Waals surface area contributed by atoms with Crippen LogP contribution in [0.3, 0.4) is 0 Å². The van der Waals surface area contributed by atoms with Crippen molar-refractivity contribution < 1.29 is 27.1 Å². The van der Waals surface area contributed by atoms with Crippen molar-refractivity contribution in [3.63, 3.8) is 0 Å². The van der Waals surface area contributed by atoms with E-state index in [0.29, 0.717) is 6.54 Å². The van der Waals surface area contributed by atoms with Crippen LogP contribution in [0.4, 0.5) is 17.6 Å². The molecule has 1 amide bonds.